The van der Waals surface area contributed by atoms with Gasteiger partial charge in [0, 0.05) is 11.8 Å². The normalized spacial score (nSPS) is 32.0. The summed E-state index contributed by atoms with van der Waals surface area (Å²) in [6.45, 7) is 2.24. The fourth-order valence-electron chi connectivity index (χ4n) is 2.65. The Bertz CT molecular complexity index is 254. The van der Waals surface area contributed by atoms with Crippen LogP contribution in [0.4, 0.5) is 0 Å². The smallest absolute Gasteiger partial charge is 0.156 e. The first kappa shape index (κ1) is 10.0. The molecular weight excluding hydrogens is 204 g/mol. The molecule has 0 aromatic rings. The molecule has 3 aliphatic rings. The Kier molecular flexibility index (Phi) is 2.91. The average Bonchev–Trinajstić information content (AvgIpc) is 2.82. The van der Waals surface area contributed by atoms with E-state index in [1.165, 1.54) is 50.2 Å². The van der Waals surface area contributed by atoms with Crippen molar-refractivity contribution in [3.63, 3.8) is 0 Å². The minimum atomic E-state index is 0.816. The van der Waals surface area contributed by atoms with E-state index in [1.54, 1.807) is 0 Å². The maximum absolute atomic E-state index is 4.61. The minimum Gasteiger partial charge on any atom is -0.365 e. The molecule has 1 N–H and O–H groups in total. The first-order chi connectivity index (χ1) is 7.42. The Balaban J connectivity index is 1.40. The van der Waals surface area contributed by atoms with Crippen molar-refractivity contribution >= 4 is 16.9 Å². The zero-order chi connectivity index (χ0) is 10.1. The standard InChI is InChI=1S/C12H20N2S/c1-2-4-9(3-1)7-13-12-14-8-11(15-12)10-5-6-10/h9-11H,1-8H2,(H,13,14). The second-order valence-corrected chi connectivity index (χ2v) is 6.40. The summed E-state index contributed by atoms with van der Waals surface area (Å²) in [5, 5.41) is 5.60. The van der Waals surface area contributed by atoms with Crippen LogP contribution in [0.1, 0.15) is 38.5 Å². The second kappa shape index (κ2) is 4.36. The van der Waals surface area contributed by atoms with E-state index >= 15 is 0 Å². The third kappa shape index (κ3) is 2.49. The lowest BCUT2D eigenvalue weighted by Crippen LogP contribution is -2.25. The highest BCUT2D eigenvalue weighted by molar-refractivity contribution is 8.14. The van der Waals surface area contributed by atoms with Gasteiger partial charge in [-0.2, -0.15) is 0 Å². The molecule has 1 heterocycles. The molecular formula is C12H20N2S. The van der Waals surface area contributed by atoms with E-state index in [0.717, 1.165) is 23.6 Å². The van der Waals surface area contributed by atoms with Crippen LogP contribution in [0.3, 0.4) is 0 Å². The van der Waals surface area contributed by atoms with Gasteiger partial charge in [-0.25, -0.2) is 0 Å². The van der Waals surface area contributed by atoms with Gasteiger partial charge >= 0.3 is 0 Å². The summed E-state index contributed by atoms with van der Waals surface area (Å²) in [4.78, 5) is 4.61. The molecule has 0 aromatic carbocycles. The van der Waals surface area contributed by atoms with E-state index in [0.29, 0.717) is 0 Å². The van der Waals surface area contributed by atoms with E-state index in [1.807, 2.05) is 11.8 Å². The molecule has 0 radical (unpaired) electrons. The van der Waals surface area contributed by atoms with Gasteiger partial charge in [-0.15, -0.1) is 0 Å². The molecule has 2 nitrogen and oxygen atoms in total. The number of amidine groups is 1. The summed E-state index contributed by atoms with van der Waals surface area (Å²) < 4.78 is 0. The predicted molar refractivity (Wildman–Crippen MR) is 66.4 cm³/mol. The summed E-state index contributed by atoms with van der Waals surface area (Å²) in [6.07, 6.45) is 8.63. The SMILES string of the molecule is C1CCC(CNC2=NCC(C3CC3)S2)C1. The lowest BCUT2D eigenvalue weighted by atomic mass is 10.1. The number of rotatable bonds is 3. The van der Waals surface area contributed by atoms with E-state index in [2.05, 4.69) is 10.3 Å². The number of nitrogens with zero attached hydrogens (tertiary/aromatic N) is 1. The minimum absolute atomic E-state index is 0.816. The molecule has 2 aliphatic carbocycles. The van der Waals surface area contributed by atoms with Gasteiger partial charge in [0.2, 0.25) is 0 Å². The molecule has 0 saturated heterocycles. The van der Waals surface area contributed by atoms with E-state index in [9.17, 15) is 0 Å². The Morgan fingerprint density at radius 2 is 2.00 bits per heavy atom. The summed E-state index contributed by atoms with van der Waals surface area (Å²) in [5.74, 6) is 1.91. The second-order valence-electron chi connectivity index (χ2n) is 5.17. The topological polar surface area (TPSA) is 24.4 Å². The Labute approximate surface area is 96.3 Å². The van der Waals surface area contributed by atoms with Crippen LogP contribution in [0.2, 0.25) is 0 Å². The van der Waals surface area contributed by atoms with Crippen LogP contribution in [-0.4, -0.2) is 23.5 Å². The summed E-state index contributed by atoms with van der Waals surface area (Å²) in [5.41, 5.74) is 0. The van der Waals surface area contributed by atoms with Gasteiger partial charge in [0.1, 0.15) is 0 Å². The molecule has 2 saturated carbocycles. The molecule has 15 heavy (non-hydrogen) atoms. The highest BCUT2D eigenvalue weighted by atomic mass is 32.2. The number of nitrogens with one attached hydrogen (secondary N) is 1. The van der Waals surface area contributed by atoms with Crippen LogP contribution in [0.5, 0.6) is 0 Å². The summed E-state index contributed by atoms with van der Waals surface area (Å²) >= 11 is 2.00. The molecule has 1 aliphatic heterocycles. The van der Waals surface area contributed by atoms with Crippen LogP contribution in [-0.2, 0) is 0 Å². The van der Waals surface area contributed by atoms with Crippen molar-refractivity contribution in [1.82, 2.24) is 5.32 Å². The van der Waals surface area contributed by atoms with Crippen molar-refractivity contribution in [3.8, 4) is 0 Å². The van der Waals surface area contributed by atoms with Crippen LogP contribution < -0.4 is 5.32 Å². The largest absolute Gasteiger partial charge is 0.365 e. The summed E-state index contributed by atoms with van der Waals surface area (Å²) in [6, 6.07) is 0. The fraction of sp³-hybridized carbons (Fsp3) is 0.917. The monoisotopic (exact) mass is 224 g/mol. The van der Waals surface area contributed by atoms with Crippen molar-refractivity contribution in [2.75, 3.05) is 13.1 Å². The van der Waals surface area contributed by atoms with Crippen molar-refractivity contribution < 1.29 is 0 Å². The third-order valence-electron chi connectivity index (χ3n) is 3.84. The Hall–Kier alpha value is -0.180. The first-order valence-electron chi connectivity index (χ1n) is 6.37. The van der Waals surface area contributed by atoms with Crippen molar-refractivity contribution in [3.05, 3.63) is 0 Å². The first-order valence-corrected chi connectivity index (χ1v) is 7.25. The molecule has 1 atom stereocenters. The molecule has 84 valence electrons. The molecule has 3 rings (SSSR count). The van der Waals surface area contributed by atoms with Gasteiger partial charge in [0.25, 0.3) is 0 Å². The van der Waals surface area contributed by atoms with Gasteiger partial charge < -0.3 is 5.32 Å². The predicted octanol–water partition coefficient (Wildman–Crippen LogP) is 2.65. The van der Waals surface area contributed by atoms with E-state index in [-0.39, 0.29) is 0 Å². The average molecular weight is 224 g/mol. The zero-order valence-corrected chi connectivity index (χ0v) is 10.1. The number of aliphatic imine (C=N–C) groups is 1. The lowest BCUT2D eigenvalue weighted by Gasteiger charge is -2.11. The quantitative estimate of drug-likeness (QED) is 0.797. The molecule has 0 bridgehead atoms. The van der Waals surface area contributed by atoms with Crippen molar-refractivity contribution in [2.45, 2.75) is 43.8 Å². The number of thioether (sulfide) groups is 1. The van der Waals surface area contributed by atoms with E-state index < -0.39 is 0 Å². The molecule has 2 fully saturated rings. The fourth-order valence-corrected chi connectivity index (χ4v) is 3.86. The lowest BCUT2D eigenvalue weighted by molar-refractivity contribution is 0.537. The van der Waals surface area contributed by atoms with Gasteiger partial charge in [-0.1, -0.05) is 24.6 Å². The molecule has 1 unspecified atom stereocenters. The van der Waals surface area contributed by atoms with Crippen molar-refractivity contribution in [1.29, 1.82) is 0 Å². The molecule has 0 spiro atoms. The Morgan fingerprint density at radius 1 is 1.20 bits per heavy atom. The van der Waals surface area contributed by atoms with Gasteiger partial charge in [-0.05, 0) is 37.5 Å². The Morgan fingerprint density at radius 3 is 2.73 bits per heavy atom. The number of hydrogen-bond donors (Lipinski definition) is 1. The van der Waals surface area contributed by atoms with Gasteiger partial charge in [-0.3, -0.25) is 4.99 Å². The van der Waals surface area contributed by atoms with Crippen LogP contribution in [0.25, 0.3) is 0 Å². The van der Waals surface area contributed by atoms with Crippen LogP contribution in [0.15, 0.2) is 4.99 Å². The van der Waals surface area contributed by atoms with Crippen LogP contribution >= 0.6 is 11.8 Å². The van der Waals surface area contributed by atoms with Gasteiger partial charge in [0.15, 0.2) is 5.17 Å². The number of hydrogen-bond acceptors (Lipinski definition) is 3. The van der Waals surface area contributed by atoms with E-state index in [4.69, 9.17) is 0 Å². The van der Waals surface area contributed by atoms with Crippen molar-refractivity contribution in [2.24, 2.45) is 16.8 Å². The molecule has 3 heteroatoms. The highest BCUT2D eigenvalue weighted by Crippen LogP contribution is 2.41. The zero-order valence-electron chi connectivity index (χ0n) is 9.24. The molecule has 0 amide bonds. The maximum Gasteiger partial charge on any atom is 0.156 e. The van der Waals surface area contributed by atoms with Crippen LogP contribution in [0, 0.1) is 11.8 Å². The van der Waals surface area contributed by atoms with Gasteiger partial charge in [0.05, 0.1) is 6.54 Å². The highest BCUT2D eigenvalue weighted by Gasteiger charge is 2.35. The third-order valence-corrected chi connectivity index (χ3v) is 5.18. The molecule has 0 aromatic heterocycles. The maximum atomic E-state index is 4.61. The summed E-state index contributed by atoms with van der Waals surface area (Å²) in [7, 11) is 0.